The van der Waals surface area contributed by atoms with Gasteiger partial charge < -0.3 is 9.84 Å². The molecular weight excluding hydrogens is 465 g/mol. The minimum absolute atomic E-state index is 0.185. The normalized spacial score (nSPS) is 10.6. The van der Waals surface area contributed by atoms with Crippen molar-refractivity contribution >= 4 is 38.9 Å². The first-order chi connectivity index (χ1) is 15.1. The molecule has 0 radical (unpaired) electrons. The lowest BCUT2D eigenvalue weighted by atomic mass is 10.1. The van der Waals surface area contributed by atoms with Gasteiger partial charge in [0.1, 0.15) is 17.9 Å². The third-order valence-corrected chi connectivity index (χ3v) is 4.22. The van der Waals surface area contributed by atoms with Crippen LogP contribution in [-0.2, 0) is 24.4 Å². The molecule has 0 bridgehead atoms. The molecule has 0 fully saturated rings. The van der Waals surface area contributed by atoms with Crippen molar-refractivity contribution in [2.75, 3.05) is 12.4 Å². The summed E-state index contributed by atoms with van der Waals surface area (Å²) in [5, 5.41) is 10.3. The Morgan fingerprint density at radius 2 is 1.64 bits per heavy atom. The molecule has 0 aliphatic rings. The van der Waals surface area contributed by atoms with E-state index in [1.807, 2.05) is 6.08 Å². The molecule has 0 atom stereocenters. The maximum absolute atomic E-state index is 11.2. The molecule has 0 saturated heterocycles. The van der Waals surface area contributed by atoms with Crippen LogP contribution in [0.5, 0.6) is 0 Å². The zero-order valence-electron chi connectivity index (χ0n) is 17.6. The van der Waals surface area contributed by atoms with Crippen molar-refractivity contribution in [2.45, 2.75) is 13.1 Å². The molecule has 0 aromatic heterocycles. The van der Waals surface area contributed by atoms with Crippen LogP contribution >= 0.6 is 0 Å². The fourth-order valence-electron chi connectivity index (χ4n) is 1.82. The lowest BCUT2D eigenvalue weighted by Crippen LogP contribution is -2.18. The van der Waals surface area contributed by atoms with E-state index < -0.39 is 39.6 Å². The van der Waals surface area contributed by atoms with Gasteiger partial charge in [-0.3, -0.25) is 4.55 Å². The molecule has 11 heteroatoms. The van der Waals surface area contributed by atoms with E-state index in [0.717, 1.165) is 0 Å². The molecule has 0 saturated carbocycles. The van der Waals surface area contributed by atoms with Crippen LogP contribution in [0.2, 0.25) is 0 Å². The standard InChI is InChI=1S/C12H10.C6H10O5S.C4H3F3O2/c1-2-10-7-8-11-5-3-4-6-12(11)9-10;1-5(2)6(7)11-3-4-12(8,9)10;1-2(3(8)9)4(5,6)7/h2-9H,1H2;1,3-4H2,2H3,(H,8,9,10);1H2,(H,8,9). The van der Waals surface area contributed by atoms with Crippen LogP contribution in [0, 0.1) is 0 Å². The quantitative estimate of drug-likeness (QED) is 0.345. The largest absolute Gasteiger partial charge is 0.478 e. The van der Waals surface area contributed by atoms with Crippen LogP contribution in [0.3, 0.4) is 0 Å². The number of hydrogen-bond donors (Lipinski definition) is 2. The van der Waals surface area contributed by atoms with Crippen molar-refractivity contribution in [1.82, 2.24) is 0 Å². The number of carboxylic acid groups (broad SMARTS) is 1. The number of esters is 1. The number of carboxylic acids is 1. The number of benzene rings is 2. The van der Waals surface area contributed by atoms with Crippen molar-refractivity contribution in [3.05, 3.63) is 78.9 Å². The van der Waals surface area contributed by atoms with E-state index >= 15 is 0 Å². The topological polar surface area (TPSA) is 118 Å². The highest BCUT2D eigenvalue weighted by Gasteiger charge is 2.36. The van der Waals surface area contributed by atoms with Crippen molar-refractivity contribution in [3.8, 4) is 0 Å². The first kappa shape index (κ1) is 29.6. The number of fused-ring (bicyclic) bond motifs is 1. The zero-order valence-corrected chi connectivity index (χ0v) is 18.4. The van der Waals surface area contributed by atoms with Gasteiger partial charge in [-0.25, -0.2) is 9.59 Å². The number of carbonyl (C=O) groups excluding carboxylic acids is 1. The molecular formula is C22H23F3O7S. The number of rotatable bonds is 6. The minimum atomic E-state index is -4.81. The van der Waals surface area contributed by atoms with Crippen molar-refractivity contribution in [1.29, 1.82) is 0 Å². The summed E-state index contributed by atoms with van der Waals surface area (Å²) in [5.74, 6) is -3.30. The van der Waals surface area contributed by atoms with Crippen LogP contribution in [0.25, 0.3) is 16.8 Å². The number of carbonyl (C=O) groups is 2. The Morgan fingerprint density at radius 1 is 1.09 bits per heavy atom. The second-order valence-corrected chi connectivity index (χ2v) is 7.87. The molecule has 0 aliphatic heterocycles. The van der Waals surface area contributed by atoms with E-state index in [0.29, 0.717) is 0 Å². The van der Waals surface area contributed by atoms with E-state index in [1.165, 1.54) is 23.3 Å². The lowest BCUT2D eigenvalue weighted by Gasteiger charge is -2.02. The van der Waals surface area contributed by atoms with Gasteiger partial charge in [0.15, 0.2) is 0 Å². The van der Waals surface area contributed by atoms with E-state index in [2.05, 4.69) is 66.9 Å². The van der Waals surface area contributed by atoms with Gasteiger partial charge >= 0.3 is 18.1 Å². The minimum Gasteiger partial charge on any atom is -0.478 e. The van der Waals surface area contributed by atoms with Crippen LogP contribution in [0.1, 0.15) is 12.5 Å². The second kappa shape index (κ2) is 13.2. The molecule has 2 rings (SSSR count). The van der Waals surface area contributed by atoms with Crippen LogP contribution in [0.4, 0.5) is 13.2 Å². The fraction of sp³-hybridized carbons (Fsp3) is 0.182. The molecule has 0 spiro atoms. The number of alkyl halides is 3. The summed E-state index contributed by atoms with van der Waals surface area (Å²) in [6.07, 6.45) is -2.95. The molecule has 0 heterocycles. The van der Waals surface area contributed by atoms with Crippen molar-refractivity contribution < 1.29 is 45.6 Å². The van der Waals surface area contributed by atoms with Gasteiger partial charge in [-0.2, -0.15) is 21.6 Å². The first-order valence-electron chi connectivity index (χ1n) is 8.97. The average molecular weight is 488 g/mol. The molecule has 33 heavy (non-hydrogen) atoms. The van der Waals surface area contributed by atoms with Crippen LogP contribution < -0.4 is 0 Å². The summed E-state index contributed by atoms with van der Waals surface area (Å²) in [5.41, 5.74) is -0.387. The number of halogens is 3. The summed E-state index contributed by atoms with van der Waals surface area (Å²) in [6, 6.07) is 14.7. The van der Waals surface area contributed by atoms with Crippen molar-refractivity contribution in [2.24, 2.45) is 0 Å². The number of hydrogen-bond acceptors (Lipinski definition) is 5. The number of ether oxygens (including phenoxy) is 1. The third-order valence-electron chi connectivity index (χ3n) is 3.53. The van der Waals surface area contributed by atoms with E-state index in [-0.39, 0.29) is 12.2 Å². The maximum atomic E-state index is 11.2. The lowest BCUT2D eigenvalue weighted by molar-refractivity contribution is -0.144. The second-order valence-electron chi connectivity index (χ2n) is 6.29. The maximum Gasteiger partial charge on any atom is 0.422 e. The Bertz CT molecular complexity index is 1120. The Kier molecular flexibility index (Phi) is 11.8. The van der Waals surface area contributed by atoms with Crippen LogP contribution in [-0.4, -0.2) is 48.6 Å². The van der Waals surface area contributed by atoms with E-state index in [9.17, 15) is 31.2 Å². The monoisotopic (exact) mass is 488 g/mol. The molecule has 2 N–H and O–H groups in total. The summed E-state index contributed by atoms with van der Waals surface area (Å²) in [4.78, 5) is 20.2. The SMILES string of the molecule is C=C(C(=O)O)C(F)(F)F.C=C(C)C(=O)OCCS(=O)(=O)O.C=Cc1ccc2ccccc2c1. The fourth-order valence-corrected chi connectivity index (χ4v) is 2.11. The Labute approximate surface area is 189 Å². The van der Waals surface area contributed by atoms with Crippen molar-refractivity contribution in [3.63, 3.8) is 0 Å². The molecule has 0 aliphatic carbocycles. The van der Waals surface area contributed by atoms with Gasteiger partial charge in [-0.1, -0.05) is 62.2 Å². The van der Waals surface area contributed by atoms with Gasteiger partial charge in [0, 0.05) is 5.57 Å². The predicted molar refractivity (Wildman–Crippen MR) is 119 cm³/mol. The molecule has 0 amide bonds. The Morgan fingerprint density at radius 3 is 2.03 bits per heavy atom. The molecule has 7 nitrogen and oxygen atoms in total. The van der Waals surface area contributed by atoms with Gasteiger partial charge in [-0.15, -0.1) is 0 Å². The third kappa shape index (κ3) is 12.9. The first-order valence-corrected chi connectivity index (χ1v) is 10.6. The van der Waals surface area contributed by atoms with Gasteiger partial charge in [0.25, 0.3) is 10.1 Å². The molecule has 0 unspecified atom stereocenters. The Hall–Kier alpha value is -3.44. The molecule has 2 aromatic carbocycles. The van der Waals surface area contributed by atoms with E-state index in [1.54, 1.807) is 0 Å². The van der Waals surface area contributed by atoms with Gasteiger partial charge in [0.2, 0.25) is 0 Å². The smallest absolute Gasteiger partial charge is 0.422 e. The van der Waals surface area contributed by atoms with Gasteiger partial charge in [-0.05, 0) is 29.3 Å². The Balaban J connectivity index is 0.000000472. The van der Waals surface area contributed by atoms with E-state index in [4.69, 9.17) is 9.66 Å². The number of aliphatic carboxylic acids is 1. The summed E-state index contributed by atoms with van der Waals surface area (Å²) in [7, 11) is -4.05. The summed E-state index contributed by atoms with van der Waals surface area (Å²) >= 11 is 0. The average Bonchev–Trinajstić information content (AvgIpc) is 2.71. The van der Waals surface area contributed by atoms with Gasteiger partial charge in [0.05, 0.1) is 0 Å². The molecule has 2 aromatic rings. The van der Waals surface area contributed by atoms with Crippen LogP contribution in [0.15, 0.2) is 73.3 Å². The highest BCUT2D eigenvalue weighted by molar-refractivity contribution is 7.85. The summed E-state index contributed by atoms with van der Waals surface area (Å²) < 4.78 is 66.5. The highest BCUT2D eigenvalue weighted by Crippen LogP contribution is 2.23. The highest BCUT2D eigenvalue weighted by atomic mass is 32.2. The molecule has 180 valence electrons. The predicted octanol–water partition coefficient (Wildman–Crippen LogP) is 4.67. The zero-order chi connectivity index (χ0) is 25.8. The summed E-state index contributed by atoms with van der Waals surface area (Å²) in [6.45, 7) is 10.4.